The molecule has 0 fully saturated rings. The number of benzene rings is 1. The molecule has 0 aliphatic carbocycles. The summed E-state index contributed by atoms with van der Waals surface area (Å²) < 4.78 is 14.1. The number of carbonyl (C=O) groups is 1. The minimum atomic E-state index is -1.28. The largest absolute Gasteiger partial charge is 0.476 e. The molecule has 3 aromatic rings. The zero-order valence-electron chi connectivity index (χ0n) is 9.99. The molecule has 0 unspecified atom stereocenters. The second-order valence-electron chi connectivity index (χ2n) is 4.04. The van der Waals surface area contributed by atoms with E-state index in [4.69, 9.17) is 10.8 Å². The summed E-state index contributed by atoms with van der Waals surface area (Å²) >= 11 is 0. The van der Waals surface area contributed by atoms with Gasteiger partial charge in [0.15, 0.2) is 11.5 Å². The molecule has 3 N–H and O–H groups in total. The van der Waals surface area contributed by atoms with E-state index in [2.05, 4.69) is 15.3 Å². The molecule has 3 rings (SSSR count). The number of nitrogens with zero attached hydrogens (tertiary/aromatic N) is 4. The summed E-state index contributed by atoms with van der Waals surface area (Å²) in [5.41, 5.74) is 6.89. The molecule has 0 saturated carbocycles. The normalized spacial score (nSPS) is 10.8. The summed E-state index contributed by atoms with van der Waals surface area (Å²) in [6.45, 7) is 0. The number of hydrogen-bond acceptors (Lipinski definition) is 5. The number of fused-ring (bicyclic) bond motifs is 1. The Hall–Kier alpha value is -3.03. The van der Waals surface area contributed by atoms with Crippen molar-refractivity contribution in [2.24, 2.45) is 0 Å². The highest BCUT2D eigenvalue weighted by molar-refractivity contribution is 5.91. The molecular weight excluding hydrogens is 265 g/mol. The standard InChI is InChI=1S/C12H8FN5O2/c13-7-3-1-6(2-4-7)8-5-15-18-10(14)9(12(19)20)16-17-11(8)18/h1-5H,14H2,(H,19,20). The molecule has 0 aliphatic heterocycles. The van der Waals surface area contributed by atoms with Crippen molar-refractivity contribution in [1.82, 2.24) is 19.8 Å². The van der Waals surface area contributed by atoms with Gasteiger partial charge >= 0.3 is 5.97 Å². The Bertz CT molecular complexity index is 813. The van der Waals surface area contributed by atoms with Crippen LogP contribution in [0.1, 0.15) is 10.5 Å². The third-order valence-corrected chi connectivity index (χ3v) is 2.82. The van der Waals surface area contributed by atoms with Gasteiger partial charge in [0, 0.05) is 5.56 Å². The van der Waals surface area contributed by atoms with Gasteiger partial charge < -0.3 is 10.8 Å². The number of aromatic nitrogens is 4. The van der Waals surface area contributed by atoms with E-state index in [9.17, 15) is 9.18 Å². The van der Waals surface area contributed by atoms with Gasteiger partial charge in [-0.2, -0.15) is 9.61 Å². The Morgan fingerprint density at radius 3 is 2.60 bits per heavy atom. The molecule has 0 amide bonds. The Morgan fingerprint density at radius 1 is 1.25 bits per heavy atom. The quantitative estimate of drug-likeness (QED) is 0.726. The average molecular weight is 273 g/mol. The molecular formula is C12H8FN5O2. The van der Waals surface area contributed by atoms with E-state index in [1.165, 1.54) is 22.8 Å². The Kier molecular flexibility index (Phi) is 2.56. The van der Waals surface area contributed by atoms with Crippen molar-refractivity contribution in [3.8, 4) is 11.1 Å². The molecule has 0 spiro atoms. The highest BCUT2D eigenvalue weighted by atomic mass is 19.1. The van der Waals surface area contributed by atoms with Gasteiger partial charge in [-0.05, 0) is 17.7 Å². The van der Waals surface area contributed by atoms with Crippen LogP contribution in [0.25, 0.3) is 16.8 Å². The summed E-state index contributed by atoms with van der Waals surface area (Å²) in [4.78, 5) is 10.9. The second-order valence-corrected chi connectivity index (χ2v) is 4.04. The van der Waals surface area contributed by atoms with Crippen LogP contribution in [0.5, 0.6) is 0 Å². The first-order valence-electron chi connectivity index (χ1n) is 5.57. The lowest BCUT2D eigenvalue weighted by Crippen LogP contribution is -2.12. The van der Waals surface area contributed by atoms with E-state index >= 15 is 0 Å². The number of halogens is 1. The van der Waals surface area contributed by atoms with Crippen molar-refractivity contribution < 1.29 is 14.3 Å². The Morgan fingerprint density at radius 2 is 1.95 bits per heavy atom. The summed E-state index contributed by atoms with van der Waals surface area (Å²) in [5.74, 6) is -1.75. The second kappa shape index (κ2) is 4.26. The third-order valence-electron chi connectivity index (χ3n) is 2.82. The maximum Gasteiger partial charge on any atom is 0.360 e. The van der Waals surface area contributed by atoms with Crippen LogP contribution in [0.3, 0.4) is 0 Å². The number of carboxylic acids is 1. The van der Waals surface area contributed by atoms with Crippen LogP contribution < -0.4 is 5.73 Å². The van der Waals surface area contributed by atoms with E-state index < -0.39 is 5.97 Å². The number of nitrogens with two attached hydrogens (primary N) is 1. The molecule has 2 heterocycles. The van der Waals surface area contributed by atoms with E-state index in [1.807, 2.05) is 0 Å². The zero-order chi connectivity index (χ0) is 14.3. The fourth-order valence-corrected chi connectivity index (χ4v) is 1.85. The van der Waals surface area contributed by atoms with E-state index in [1.54, 1.807) is 12.1 Å². The highest BCUT2D eigenvalue weighted by Crippen LogP contribution is 2.24. The van der Waals surface area contributed by atoms with Gasteiger partial charge in [0.25, 0.3) is 0 Å². The van der Waals surface area contributed by atoms with E-state index in [-0.39, 0.29) is 17.3 Å². The first-order valence-corrected chi connectivity index (χ1v) is 5.57. The van der Waals surface area contributed by atoms with Crippen molar-refractivity contribution in [3.05, 3.63) is 42.0 Å². The van der Waals surface area contributed by atoms with Crippen LogP contribution in [0, 0.1) is 5.82 Å². The molecule has 0 saturated heterocycles. The smallest absolute Gasteiger partial charge is 0.360 e. The van der Waals surface area contributed by atoms with Gasteiger partial charge in [0.1, 0.15) is 5.82 Å². The number of rotatable bonds is 2. The van der Waals surface area contributed by atoms with Crippen LogP contribution in [0.15, 0.2) is 30.5 Å². The van der Waals surface area contributed by atoms with Gasteiger partial charge in [-0.25, -0.2) is 9.18 Å². The van der Waals surface area contributed by atoms with Crippen LogP contribution >= 0.6 is 0 Å². The number of carboxylic acid groups (broad SMARTS) is 1. The first-order chi connectivity index (χ1) is 9.58. The molecule has 8 heteroatoms. The molecule has 7 nitrogen and oxygen atoms in total. The van der Waals surface area contributed by atoms with Gasteiger partial charge in [0.2, 0.25) is 5.69 Å². The van der Waals surface area contributed by atoms with Crippen molar-refractivity contribution in [1.29, 1.82) is 0 Å². The topological polar surface area (TPSA) is 106 Å². The van der Waals surface area contributed by atoms with Gasteiger partial charge in [-0.15, -0.1) is 10.2 Å². The molecule has 2 aromatic heterocycles. The first kappa shape index (κ1) is 12.0. The zero-order valence-corrected chi connectivity index (χ0v) is 9.99. The fraction of sp³-hybridized carbons (Fsp3) is 0. The predicted molar refractivity (Wildman–Crippen MR) is 67.5 cm³/mol. The lowest BCUT2D eigenvalue weighted by Gasteiger charge is -2.02. The average Bonchev–Trinajstić information content (AvgIpc) is 2.84. The maximum atomic E-state index is 12.9. The Balaban J connectivity index is 2.22. The summed E-state index contributed by atoms with van der Waals surface area (Å²) in [5, 5.41) is 20.3. The number of hydrogen-bond donors (Lipinski definition) is 2. The van der Waals surface area contributed by atoms with E-state index in [0.29, 0.717) is 16.8 Å². The molecule has 0 aliphatic rings. The molecule has 1 aromatic carbocycles. The van der Waals surface area contributed by atoms with Gasteiger partial charge in [-0.3, -0.25) is 0 Å². The fourth-order valence-electron chi connectivity index (χ4n) is 1.85. The molecule has 20 heavy (non-hydrogen) atoms. The van der Waals surface area contributed by atoms with Crippen LogP contribution in [0.2, 0.25) is 0 Å². The van der Waals surface area contributed by atoms with Crippen molar-refractivity contribution in [2.75, 3.05) is 5.73 Å². The number of nitrogen functional groups attached to an aromatic ring is 1. The van der Waals surface area contributed by atoms with Crippen molar-refractivity contribution >= 4 is 17.4 Å². The van der Waals surface area contributed by atoms with Gasteiger partial charge in [-0.1, -0.05) is 12.1 Å². The third kappa shape index (κ3) is 1.74. The minimum Gasteiger partial charge on any atom is -0.476 e. The number of anilines is 1. The van der Waals surface area contributed by atoms with Crippen LogP contribution in [-0.2, 0) is 0 Å². The van der Waals surface area contributed by atoms with Gasteiger partial charge in [0.05, 0.1) is 6.20 Å². The lowest BCUT2D eigenvalue weighted by atomic mass is 10.1. The minimum absolute atomic E-state index is 0.115. The summed E-state index contributed by atoms with van der Waals surface area (Å²) in [6, 6.07) is 5.74. The molecule has 0 bridgehead atoms. The molecule has 0 atom stereocenters. The Labute approximate surface area is 111 Å². The summed E-state index contributed by atoms with van der Waals surface area (Å²) in [6.07, 6.45) is 1.47. The van der Waals surface area contributed by atoms with E-state index in [0.717, 1.165) is 0 Å². The molecule has 100 valence electrons. The number of aromatic carboxylic acids is 1. The SMILES string of the molecule is Nc1c(C(=O)O)nnc2c(-c3ccc(F)cc3)cnn12. The lowest BCUT2D eigenvalue weighted by molar-refractivity contribution is 0.0690. The monoisotopic (exact) mass is 273 g/mol. The van der Waals surface area contributed by atoms with Crippen molar-refractivity contribution in [3.63, 3.8) is 0 Å². The summed E-state index contributed by atoms with van der Waals surface area (Å²) in [7, 11) is 0. The van der Waals surface area contributed by atoms with Crippen LogP contribution in [-0.4, -0.2) is 30.9 Å². The maximum absolute atomic E-state index is 12.9. The van der Waals surface area contributed by atoms with Crippen LogP contribution in [0.4, 0.5) is 10.2 Å². The van der Waals surface area contributed by atoms with Crippen molar-refractivity contribution in [2.45, 2.75) is 0 Å². The highest BCUT2D eigenvalue weighted by Gasteiger charge is 2.17. The predicted octanol–water partition coefficient (Wildman–Crippen LogP) is 1.21. The molecule has 0 radical (unpaired) electrons.